The second kappa shape index (κ2) is 3.38. The summed E-state index contributed by atoms with van der Waals surface area (Å²) in [5.74, 6) is -2.41. The maximum Gasteiger partial charge on any atom is 0.321 e. The van der Waals surface area contributed by atoms with Crippen LogP contribution in [-0.4, -0.2) is 22.2 Å². The van der Waals surface area contributed by atoms with Crippen LogP contribution >= 0.6 is 0 Å². The molecule has 0 bridgehead atoms. The SMILES string of the molecule is O=C(O)C1(C(=O)O)CCC1.[Ag]. The minimum Gasteiger partial charge on any atom is -0.480 e. The van der Waals surface area contributed by atoms with Gasteiger partial charge in [-0.3, -0.25) is 9.59 Å². The first-order chi connectivity index (χ1) is 4.59. The van der Waals surface area contributed by atoms with Crippen molar-refractivity contribution in [3.8, 4) is 0 Å². The molecule has 1 fully saturated rings. The Labute approximate surface area is 79.1 Å². The van der Waals surface area contributed by atoms with Crippen LogP contribution in [0, 0.1) is 5.41 Å². The third-order valence-electron chi connectivity index (χ3n) is 2.03. The molecule has 2 N–H and O–H groups in total. The molecular formula is C6H8AgO4. The summed E-state index contributed by atoms with van der Waals surface area (Å²) in [6.07, 6.45) is 1.26. The maximum absolute atomic E-state index is 10.4. The molecule has 67 valence electrons. The van der Waals surface area contributed by atoms with Crippen LogP contribution in [0.2, 0.25) is 0 Å². The molecule has 4 nitrogen and oxygen atoms in total. The van der Waals surface area contributed by atoms with Crippen molar-refractivity contribution in [2.75, 3.05) is 0 Å². The van der Waals surface area contributed by atoms with E-state index in [1.165, 1.54) is 0 Å². The molecule has 1 aliphatic carbocycles. The van der Waals surface area contributed by atoms with E-state index >= 15 is 0 Å². The summed E-state index contributed by atoms with van der Waals surface area (Å²) in [5, 5.41) is 16.9. The van der Waals surface area contributed by atoms with E-state index in [0.717, 1.165) is 0 Å². The number of carbonyl (C=O) groups is 2. The molecule has 0 aromatic rings. The van der Waals surface area contributed by atoms with Crippen molar-refractivity contribution >= 4 is 11.9 Å². The van der Waals surface area contributed by atoms with Gasteiger partial charge in [0.1, 0.15) is 0 Å². The van der Waals surface area contributed by atoms with E-state index in [9.17, 15) is 9.59 Å². The van der Waals surface area contributed by atoms with Gasteiger partial charge < -0.3 is 10.2 Å². The molecule has 1 aliphatic rings. The Morgan fingerprint density at radius 3 is 1.45 bits per heavy atom. The van der Waals surface area contributed by atoms with E-state index in [1.54, 1.807) is 0 Å². The van der Waals surface area contributed by atoms with Gasteiger partial charge in [-0.1, -0.05) is 0 Å². The predicted molar refractivity (Wildman–Crippen MR) is 31.6 cm³/mol. The van der Waals surface area contributed by atoms with Gasteiger partial charge in [-0.15, -0.1) is 0 Å². The summed E-state index contributed by atoms with van der Waals surface area (Å²) in [5.41, 5.74) is -1.44. The fraction of sp³-hybridized carbons (Fsp3) is 0.667. The minimum atomic E-state index is -1.44. The molecule has 1 radical (unpaired) electrons. The molecule has 11 heavy (non-hydrogen) atoms. The van der Waals surface area contributed by atoms with Crippen molar-refractivity contribution in [1.29, 1.82) is 0 Å². The van der Waals surface area contributed by atoms with Crippen molar-refractivity contribution in [3.63, 3.8) is 0 Å². The summed E-state index contributed by atoms with van der Waals surface area (Å²) in [4.78, 5) is 20.7. The second-order valence-corrected chi connectivity index (χ2v) is 2.55. The standard InChI is InChI=1S/C6H8O4.Ag/c7-4(8)6(5(9)10)2-1-3-6;/h1-3H2,(H,7,8)(H,9,10);. The van der Waals surface area contributed by atoms with Crippen LogP contribution in [0.5, 0.6) is 0 Å². The van der Waals surface area contributed by atoms with E-state index in [-0.39, 0.29) is 35.2 Å². The van der Waals surface area contributed by atoms with Crippen LogP contribution in [0.4, 0.5) is 0 Å². The van der Waals surface area contributed by atoms with Crippen molar-refractivity contribution in [2.45, 2.75) is 19.3 Å². The number of hydrogen-bond donors (Lipinski definition) is 2. The Hall–Kier alpha value is -0.320. The average molecular weight is 252 g/mol. The van der Waals surface area contributed by atoms with Gasteiger partial charge >= 0.3 is 11.9 Å². The molecule has 0 spiro atoms. The smallest absolute Gasteiger partial charge is 0.321 e. The zero-order chi connectivity index (χ0) is 7.78. The fourth-order valence-electron chi connectivity index (χ4n) is 1.05. The number of rotatable bonds is 2. The molecule has 0 amide bonds. The Morgan fingerprint density at radius 1 is 1.09 bits per heavy atom. The van der Waals surface area contributed by atoms with Gasteiger partial charge in [-0.25, -0.2) is 0 Å². The maximum atomic E-state index is 10.4. The first-order valence-electron chi connectivity index (χ1n) is 3.06. The van der Waals surface area contributed by atoms with Crippen molar-refractivity contribution in [3.05, 3.63) is 0 Å². The van der Waals surface area contributed by atoms with E-state index < -0.39 is 17.4 Å². The van der Waals surface area contributed by atoms with Crippen molar-refractivity contribution in [1.82, 2.24) is 0 Å². The van der Waals surface area contributed by atoms with E-state index in [1.807, 2.05) is 0 Å². The van der Waals surface area contributed by atoms with E-state index in [4.69, 9.17) is 10.2 Å². The first kappa shape index (κ1) is 10.7. The average Bonchev–Trinajstić information content (AvgIpc) is 1.57. The normalized spacial score (nSPS) is 19.3. The third-order valence-corrected chi connectivity index (χ3v) is 2.03. The Kier molecular flexibility index (Phi) is 3.29. The summed E-state index contributed by atoms with van der Waals surface area (Å²) in [7, 11) is 0. The number of hydrogen-bond acceptors (Lipinski definition) is 2. The van der Waals surface area contributed by atoms with Crippen molar-refractivity contribution < 1.29 is 42.2 Å². The van der Waals surface area contributed by atoms with Gasteiger partial charge in [0.2, 0.25) is 0 Å². The van der Waals surface area contributed by atoms with Gasteiger partial charge in [-0.2, -0.15) is 0 Å². The Morgan fingerprint density at radius 2 is 1.45 bits per heavy atom. The summed E-state index contributed by atoms with van der Waals surface area (Å²) < 4.78 is 0. The molecule has 0 unspecified atom stereocenters. The van der Waals surface area contributed by atoms with Gasteiger partial charge in [0.05, 0.1) is 0 Å². The Balaban J connectivity index is 0.000001000. The Bertz CT molecular complexity index is 169. The van der Waals surface area contributed by atoms with Crippen LogP contribution in [0.1, 0.15) is 19.3 Å². The van der Waals surface area contributed by atoms with Gasteiger partial charge in [-0.05, 0) is 19.3 Å². The molecule has 1 rings (SSSR count). The number of carboxylic acid groups (broad SMARTS) is 2. The molecule has 0 aromatic carbocycles. The predicted octanol–water partition coefficient (Wildman–Crippen LogP) is 0.323. The summed E-state index contributed by atoms with van der Waals surface area (Å²) >= 11 is 0. The van der Waals surface area contributed by atoms with Crippen LogP contribution in [0.3, 0.4) is 0 Å². The summed E-state index contributed by atoms with van der Waals surface area (Å²) in [6.45, 7) is 0. The van der Waals surface area contributed by atoms with Gasteiger partial charge in [0, 0.05) is 22.4 Å². The molecule has 0 atom stereocenters. The molecular weight excluding hydrogens is 244 g/mol. The zero-order valence-corrected chi connectivity index (χ0v) is 7.12. The third kappa shape index (κ3) is 1.47. The van der Waals surface area contributed by atoms with Gasteiger partial charge in [0.15, 0.2) is 5.41 Å². The largest absolute Gasteiger partial charge is 0.480 e. The second-order valence-electron chi connectivity index (χ2n) is 2.55. The van der Waals surface area contributed by atoms with Crippen LogP contribution in [-0.2, 0) is 32.0 Å². The van der Waals surface area contributed by atoms with Crippen LogP contribution in [0.15, 0.2) is 0 Å². The summed E-state index contributed by atoms with van der Waals surface area (Å²) in [6, 6.07) is 0. The minimum absolute atomic E-state index is 0. The molecule has 0 aromatic heterocycles. The monoisotopic (exact) mass is 251 g/mol. The quantitative estimate of drug-likeness (QED) is 0.548. The van der Waals surface area contributed by atoms with E-state index in [2.05, 4.69) is 0 Å². The fourth-order valence-corrected chi connectivity index (χ4v) is 1.05. The molecule has 5 heteroatoms. The van der Waals surface area contributed by atoms with Gasteiger partial charge in [0.25, 0.3) is 0 Å². The molecule has 1 saturated carbocycles. The molecule has 0 aliphatic heterocycles. The van der Waals surface area contributed by atoms with E-state index in [0.29, 0.717) is 6.42 Å². The number of carboxylic acids is 2. The van der Waals surface area contributed by atoms with Crippen LogP contribution < -0.4 is 0 Å². The molecule has 0 heterocycles. The van der Waals surface area contributed by atoms with Crippen LogP contribution in [0.25, 0.3) is 0 Å². The number of aliphatic carboxylic acids is 2. The topological polar surface area (TPSA) is 74.6 Å². The van der Waals surface area contributed by atoms with Crippen molar-refractivity contribution in [2.24, 2.45) is 5.41 Å². The first-order valence-corrected chi connectivity index (χ1v) is 3.06. The zero-order valence-electron chi connectivity index (χ0n) is 5.63. The molecule has 0 saturated heterocycles.